The number of nitrogens with one attached hydrogen (secondary N) is 2. The summed E-state index contributed by atoms with van der Waals surface area (Å²) in [6.45, 7) is 12.7. The Labute approximate surface area is 221 Å². The summed E-state index contributed by atoms with van der Waals surface area (Å²) in [7, 11) is 0. The molecule has 2 fully saturated rings. The summed E-state index contributed by atoms with van der Waals surface area (Å²) in [6.07, 6.45) is 1.39. The van der Waals surface area contributed by atoms with Gasteiger partial charge in [-0.05, 0) is 54.7 Å². The van der Waals surface area contributed by atoms with Gasteiger partial charge in [0.05, 0.1) is 5.69 Å². The number of anilines is 1. The largest absolute Gasteiger partial charge is 0.477 e. The summed E-state index contributed by atoms with van der Waals surface area (Å²) in [5.41, 5.74) is 2.89. The molecule has 38 heavy (non-hydrogen) atoms. The number of rotatable bonds is 7. The highest BCUT2D eigenvalue weighted by Crippen LogP contribution is 2.54. The Bertz CT molecular complexity index is 1490. The summed E-state index contributed by atoms with van der Waals surface area (Å²) < 4.78 is 0. The number of aromatic nitrogens is 1. The van der Waals surface area contributed by atoms with Crippen LogP contribution in [0.4, 0.5) is 5.69 Å². The number of carbonyl (C=O) groups is 1. The number of fused-ring (bicyclic) bond motifs is 1. The first-order valence-corrected chi connectivity index (χ1v) is 12.9. The van der Waals surface area contributed by atoms with Gasteiger partial charge in [-0.3, -0.25) is 4.79 Å². The second-order valence-electron chi connectivity index (χ2n) is 10.3. The van der Waals surface area contributed by atoms with Gasteiger partial charge in [-0.25, -0.2) is 9.69 Å². The Kier molecular flexibility index (Phi) is 6.41. The molecule has 0 spiro atoms. The van der Waals surface area contributed by atoms with Crippen molar-refractivity contribution < 1.29 is 9.90 Å². The third kappa shape index (κ3) is 3.91. The fourth-order valence-electron chi connectivity index (χ4n) is 6.27. The van der Waals surface area contributed by atoms with E-state index < -0.39 is 22.6 Å². The average molecular weight is 511 g/mol. The Hall–Kier alpha value is -4.22. The van der Waals surface area contributed by atoms with Gasteiger partial charge in [0.15, 0.2) is 0 Å². The molecule has 0 saturated carbocycles. The van der Waals surface area contributed by atoms with Gasteiger partial charge in [-0.15, -0.1) is 0 Å². The van der Waals surface area contributed by atoms with Crippen molar-refractivity contribution in [2.24, 2.45) is 5.41 Å². The number of hydrogen-bond acceptors (Lipinski definition) is 5. The van der Waals surface area contributed by atoms with Crippen LogP contribution in [0.2, 0.25) is 0 Å². The summed E-state index contributed by atoms with van der Waals surface area (Å²) >= 11 is 0. The lowest BCUT2D eigenvalue weighted by Gasteiger charge is -2.30. The van der Waals surface area contributed by atoms with Crippen molar-refractivity contribution in [3.63, 3.8) is 0 Å². The van der Waals surface area contributed by atoms with E-state index in [1.165, 1.54) is 11.6 Å². The van der Waals surface area contributed by atoms with E-state index in [1.54, 1.807) is 0 Å². The number of benzene rings is 2. The zero-order valence-corrected chi connectivity index (χ0v) is 21.7. The first kappa shape index (κ1) is 25.4. The lowest BCUT2D eigenvalue weighted by Crippen LogP contribution is -2.53. The van der Waals surface area contributed by atoms with Crippen molar-refractivity contribution in [2.45, 2.75) is 38.9 Å². The van der Waals surface area contributed by atoms with Crippen LogP contribution in [-0.4, -0.2) is 52.0 Å². The Morgan fingerprint density at radius 1 is 1.16 bits per heavy atom. The third-order valence-electron chi connectivity index (χ3n) is 8.37. The predicted octanol–water partition coefficient (Wildman–Crippen LogP) is 4.71. The molecule has 3 heterocycles. The maximum atomic E-state index is 12.3. The second-order valence-corrected chi connectivity index (χ2v) is 10.3. The first-order valence-electron chi connectivity index (χ1n) is 12.9. The minimum absolute atomic E-state index is 0.256. The van der Waals surface area contributed by atoms with Crippen LogP contribution >= 0.6 is 0 Å². The van der Waals surface area contributed by atoms with Crippen LogP contribution in [-0.2, 0) is 13.0 Å². The van der Waals surface area contributed by atoms with Crippen molar-refractivity contribution in [2.75, 3.05) is 24.5 Å². The molecule has 2 aromatic carbocycles. The highest BCUT2D eigenvalue weighted by Gasteiger charge is 2.74. The van der Waals surface area contributed by atoms with E-state index in [1.807, 2.05) is 56.3 Å². The molecule has 3 aromatic rings. The average Bonchev–Trinajstić information content (AvgIpc) is 3.42. The van der Waals surface area contributed by atoms with Crippen LogP contribution in [0, 0.1) is 17.4 Å². The molecular weight excluding hydrogens is 478 g/mol. The first-order chi connectivity index (χ1) is 18.2. The van der Waals surface area contributed by atoms with Gasteiger partial charge in [0.2, 0.25) is 0 Å². The summed E-state index contributed by atoms with van der Waals surface area (Å²) in [5, 5.41) is 18.1. The van der Waals surface area contributed by atoms with Gasteiger partial charge in [0.25, 0.3) is 12.1 Å². The Balaban J connectivity index is 1.47. The number of nitrogens with zero attached hydrogens (tertiary/aromatic N) is 3. The number of aromatic carboxylic acids is 1. The van der Waals surface area contributed by atoms with E-state index in [-0.39, 0.29) is 5.56 Å². The molecule has 0 aliphatic carbocycles. The quantitative estimate of drug-likeness (QED) is 0.399. The molecule has 0 bridgehead atoms. The maximum Gasteiger partial charge on any atom is 0.367 e. The zero-order valence-electron chi connectivity index (χ0n) is 21.7. The van der Waals surface area contributed by atoms with E-state index >= 15 is 0 Å². The molecule has 2 saturated heterocycles. The second kappa shape index (κ2) is 9.58. The number of H-pyrrole nitrogens is 1. The molecule has 2 aliphatic heterocycles. The van der Waals surface area contributed by atoms with E-state index in [2.05, 4.69) is 31.8 Å². The normalized spacial score (nSPS) is 22.7. The van der Waals surface area contributed by atoms with Gasteiger partial charge in [-0.1, -0.05) is 54.2 Å². The number of carboxylic acids is 1. The Morgan fingerprint density at radius 2 is 1.87 bits per heavy atom. The molecule has 2 aliphatic rings. The highest BCUT2D eigenvalue weighted by molar-refractivity contribution is 5.90. The van der Waals surface area contributed by atoms with Crippen molar-refractivity contribution in [1.82, 2.24) is 9.88 Å². The molecule has 1 aromatic heterocycles. The minimum atomic E-state index is -1.24. The number of hydrogen-bond donors (Lipinski definition) is 3. The lowest BCUT2D eigenvalue weighted by molar-refractivity contribution is 0.0695. The van der Waals surface area contributed by atoms with E-state index in [9.17, 15) is 14.7 Å². The van der Waals surface area contributed by atoms with Gasteiger partial charge in [-0.2, -0.15) is 0 Å². The highest BCUT2D eigenvalue weighted by atomic mass is 16.4. The van der Waals surface area contributed by atoms with Crippen LogP contribution in [0.3, 0.4) is 0 Å². The van der Waals surface area contributed by atoms with E-state index in [0.717, 1.165) is 29.8 Å². The summed E-state index contributed by atoms with van der Waals surface area (Å²) in [6, 6.07) is 19.6. The number of likely N-dealkylation sites (tertiary alicyclic amines) is 1. The smallest absolute Gasteiger partial charge is 0.367 e. The van der Waals surface area contributed by atoms with Crippen LogP contribution < -0.4 is 10.5 Å². The van der Waals surface area contributed by atoms with Crippen LogP contribution in [0.25, 0.3) is 16.1 Å². The number of carboxylic acid groups (broad SMARTS) is 1. The molecular formula is C30H32N5O3+. The Morgan fingerprint density at radius 3 is 2.47 bits per heavy atom. The number of aromatic amines is 1. The summed E-state index contributed by atoms with van der Waals surface area (Å²) in [5.74, 6) is -1.24. The van der Waals surface area contributed by atoms with Crippen LogP contribution in [0.1, 0.15) is 41.8 Å². The predicted molar refractivity (Wildman–Crippen MR) is 149 cm³/mol. The third-order valence-corrected chi connectivity index (χ3v) is 8.37. The van der Waals surface area contributed by atoms with Crippen LogP contribution in [0.5, 0.6) is 0 Å². The van der Waals surface area contributed by atoms with Gasteiger partial charge < -0.3 is 20.4 Å². The maximum absolute atomic E-state index is 12.3. The van der Waals surface area contributed by atoms with Crippen molar-refractivity contribution in [3.8, 4) is 17.8 Å². The minimum Gasteiger partial charge on any atom is -0.477 e. The van der Waals surface area contributed by atoms with Crippen LogP contribution in [0.15, 0.2) is 65.5 Å². The molecule has 8 nitrogen and oxygen atoms in total. The van der Waals surface area contributed by atoms with Gasteiger partial charge in [0.1, 0.15) is 17.5 Å². The van der Waals surface area contributed by atoms with Gasteiger partial charge in [0, 0.05) is 31.0 Å². The molecule has 8 heteroatoms. The topological polar surface area (TPSA) is 105 Å². The number of aryl methyl sites for hydroxylation is 1. The molecule has 3 N–H and O–H groups in total. The molecule has 194 valence electrons. The van der Waals surface area contributed by atoms with Crippen molar-refractivity contribution in [1.29, 1.82) is 5.41 Å². The molecule has 5 rings (SSSR count). The fourth-order valence-corrected chi connectivity index (χ4v) is 6.27. The fraction of sp³-hybridized carbons (Fsp3) is 0.333. The summed E-state index contributed by atoms with van der Waals surface area (Å²) in [4.78, 5) is 35.6. The van der Waals surface area contributed by atoms with Crippen molar-refractivity contribution >= 4 is 17.4 Å². The zero-order chi connectivity index (χ0) is 27.1. The van der Waals surface area contributed by atoms with Crippen molar-refractivity contribution in [3.05, 3.63) is 92.6 Å². The molecule has 2 atom stereocenters. The molecule has 0 radical (unpaired) electrons. The van der Waals surface area contributed by atoms with E-state index in [4.69, 9.17) is 12.0 Å². The monoisotopic (exact) mass is 510 g/mol. The standard InChI is InChI=1S/C30H31N5O3/c1-4-22-16-25(28(37)38)27(36)33-26(22)23-10-12-24(13-11-23)34-18-29(20(2)31)14-15-35(30(29,19-34)32-3)17-21-8-6-5-7-9-21/h3,5-13,16,31H,4,14-15,17-19H2,1-2H3,(H-,33,36,37,38)/p+1. The molecule has 2 unspecified atom stereocenters. The van der Waals surface area contributed by atoms with E-state index in [0.29, 0.717) is 37.5 Å². The lowest BCUT2D eigenvalue weighted by atomic mass is 9.74. The number of pyridine rings is 1. The van der Waals surface area contributed by atoms with Gasteiger partial charge >= 0.3 is 11.6 Å². The molecule has 0 amide bonds. The SMILES string of the molecule is C#[N+]C12CN(c3ccc(-c4[nH]c(=O)c(C(=O)O)cc4CC)cc3)CC1(C(C)=N)CCN2Cc1ccccc1.